The van der Waals surface area contributed by atoms with Crippen LogP contribution in [0.1, 0.15) is 12.6 Å². The van der Waals surface area contributed by atoms with Crippen molar-refractivity contribution in [2.24, 2.45) is 0 Å². The van der Waals surface area contributed by atoms with Gasteiger partial charge in [0.1, 0.15) is 0 Å². The molecule has 0 bridgehead atoms. The van der Waals surface area contributed by atoms with Gasteiger partial charge in [0.2, 0.25) is 0 Å². The quantitative estimate of drug-likeness (QED) is 0.520. The highest BCUT2D eigenvalue weighted by Crippen LogP contribution is 2.10. The SMILES string of the molecule is C=C/C=C\C(C)=C\c1cccn1B(C)F. The van der Waals surface area contributed by atoms with Gasteiger partial charge in [0.15, 0.2) is 0 Å². The number of aromatic nitrogens is 1. The minimum atomic E-state index is -0.998. The largest absolute Gasteiger partial charge is 0.461 e. The van der Waals surface area contributed by atoms with Crippen LogP contribution in [-0.2, 0) is 0 Å². The monoisotopic (exact) mass is 203 g/mol. The maximum atomic E-state index is 13.1. The van der Waals surface area contributed by atoms with Crippen LogP contribution in [0.15, 0.2) is 48.7 Å². The molecule has 0 fully saturated rings. The van der Waals surface area contributed by atoms with Crippen LogP contribution in [0.4, 0.5) is 4.32 Å². The van der Waals surface area contributed by atoms with E-state index in [1.54, 1.807) is 16.8 Å². The van der Waals surface area contributed by atoms with Crippen molar-refractivity contribution >= 4 is 13.2 Å². The molecule has 0 saturated heterocycles. The highest BCUT2D eigenvalue weighted by Gasteiger charge is 2.10. The maximum absolute atomic E-state index is 13.1. The number of hydrogen-bond donors (Lipinski definition) is 0. The molecule has 0 aliphatic rings. The summed E-state index contributed by atoms with van der Waals surface area (Å²) in [4.78, 5) is 0. The molecule has 0 aliphatic carbocycles. The minimum absolute atomic E-state index is 0.871. The number of halogens is 1. The van der Waals surface area contributed by atoms with E-state index in [1.165, 1.54) is 6.82 Å². The van der Waals surface area contributed by atoms with Crippen molar-refractivity contribution in [3.63, 3.8) is 0 Å². The van der Waals surface area contributed by atoms with Crippen LogP contribution < -0.4 is 0 Å². The second kappa shape index (κ2) is 5.39. The van der Waals surface area contributed by atoms with E-state index < -0.39 is 7.12 Å². The normalized spacial score (nSPS) is 12.1. The predicted octanol–water partition coefficient (Wildman–Crippen LogP) is 3.57. The highest BCUT2D eigenvalue weighted by molar-refractivity contribution is 6.47. The molecule has 0 aliphatic heterocycles. The molecule has 3 heteroatoms. The van der Waals surface area contributed by atoms with Gasteiger partial charge >= 0.3 is 7.12 Å². The summed E-state index contributed by atoms with van der Waals surface area (Å²) in [6.45, 7) is 7.09. The molecule has 0 aromatic carbocycles. The summed E-state index contributed by atoms with van der Waals surface area (Å²) in [6, 6.07) is 3.73. The molecule has 0 amide bonds. The third kappa shape index (κ3) is 3.28. The lowest BCUT2D eigenvalue weighted by molar-refractivity contribution is 0.797. The molecule has 0 N–H and O–H groups in total. The molecule has 0 atom stereocenters. The van der Waals surface area contributed by atoms with E-state index in [1.807, 2.05) is 37.3 Å². The van der Waals surface area contributed by atoms with Gasteiger partial charge in [-0.2, -0.15) is 0 Å². The van der Waals surface area contributed by atoms with E-state index in [2.05, 4.69) is 6.58 Å². The first-order chi connectivity index (χ1) is 7.15. The van der Waals surface area contributed by atoms with Gasteiger partial charge in [0.25, 0.3) is 0 Å². The van der Waals surface area contributed by atoms with Crippen LogP contribution in [-0.4, -0.2) is 11.6 Å². The third-order valence-corrected chi connectivity index (χ3v) is 2.07. The number of hydrogen-bond acceptors (Lipinski definition) is 0. The molecule has 0 saturated carbocycles. The van der Waals surface area contributed by atoms with Crippen LogP contribution in [0.3, 0.4) is 0 Å². The van der Waals surface area contributed by atoms with Crippen molar-refractivity contribution in [1.29, 1.82) is 0 Å². The van der Waals surface area contributed by atoms with Crippen LogP contribution in [0.25, 0.3) is 6.08 Å². The van der Waals surface area contributed by atoms with Gasteiger partial charge in [-0.25, -0.2) is 0 Å². The summed E-state index contributed by atoms with van der Waals surface area (Å²) >= 11 is 0. The molecule has 0 spiro atoms. The van der Waals surface area contributed by atoms with Gasteiger partial charge in [-0.05, 0) is 43.7 Å². The Kier molecular flexibility index (Phi) is 4.16. The summed E-state index contributed by atoms with van der Waals surface area (Å²) < 4.78 is 14.7. The van der Waals surface area contributed by atoms with Gasteiger partial charge in [0, 0.05) is 5.69 Å². The zero-order valence-electron chi connectivity index (χ0n) is 9.15. The zero-order chi connectivity index (χ0) is 11.3. The Hall–Kier alpha value is -1.51. The van der Waals surface area contributed by atoms with Crippen LogP contribution in [0.2, 0.25) is 6.82 Å². The van der Waals surface area contributed by atoms with E-state index in [0.717, 1.165) is 11.3 Å². The molecule has 1 heterocycles. The Morgan fingerprint density at radius 2 is 2.33 bits per heavy atom. The highest BCUT2D eigenvalue weighted by atomic mass is 19.1. The van der Waals surface area contributed by atoms with E-state index in [-0.39, 0.29) is 0 Å². The summed E-state index contributed by atoms with van der Waals surface area (Å²) in [5.41, 5.74) is 1.94. The van der Waals surface area contributed by atoms with Crippen LogP contribution >= 0.6 is 0 Å². The fourth-order valence-corrected chi connectivity index (χ4v) is 1.35. The molecule has 1 nitrogen and oxygen atoms in total. The first kappa shape index (κ1) is 11.6. The smallest absolute Gasteiger partial charge is 0.363 e. The summed E-state index contributed by atoms with van der Waals surface area (Å²) in [6.07, 6.45) is 9.19. The third-order valence-electron chi connectivity index (χ3n) is 2.07. The van der Waals surface area contributed by atoms with Crippen molar-refractivity contribution in [3.05, 3.63) is 54.4 Å². The molecule has 0 radical (unpaired) electrons. The summed E-state index contributed by atoms with van der Waals surface area (Å²) in [5.74, 6) is 0. The molecule has 0 unspecified atom stereocenters. The molecule has 15 heavy (non-hydrogen) atoms. The molecule has 78 valence electrons. The molecule has 1 aromatic heterocycles. The van der Waals surface area contributed by atoms with Gasteiger partial charge in [-0.1, -0.05) is 24.8 Å². The Morgan fingerprint density at radius 3 is 2.93 bits per heavy atom. The second-order valence-electron chi connectivity index (χ2n) is 3.40. The van der Waals surface area contributed by atoms with Gasteiger partial charge in [0.05, 0.1) is 0 Å². The standard InChI is InChI=1S/C12H15BFN/c1-4-5-7-11(2)10-12-8-6-9-15(12)13(3)14/h4-10H,1H2,2-3H3/b7-5-,11-10+. The first-order valence-electron chi connectivity index (χ1n) is 4.93. The Bertz CT molecular complexity index is 388. The Labute approximate surface area is 90.8 Å². The van der Waals surface area contributed by atoms with Crippen molar-refractivity contribution in [2.45, 2.75) is 13.7 Å². The number of nitrogens with zero attached hydrogens (tertiary/aromatic N) is 1. The lowest BCUT2D eigenvalue weighted by Gasteiger charge is -2.04. The second-order valence-corrected chi connectivity index (χ2v) is 3.40. The van der Waals surface area contributed by atoms with Crippen molar-refractivity contribution in [3.8, 4) is 0 Å². The van der Waals surface area contributed by atoms with Gasteiger partial charge in [-0.3, -0.25) is 0 Å². The van der Waals surface area contributed by atoms with Crippen molar-refractivity contribution in [1.82, 2.24) is 4.48 Å². The number of rotatable bonds is 4. The lowest BCUT2D eigenvalue weighted by Crippen LogP contribution is -2.14. The first-order valence-corrected chi connectivity index (χ1v) is 4.93. The van der Waals surface area contributed by atoms with E-state index >= 15 is 0 Å². The van der Waals surface area contributed by atoms with E-state index in [9.17, 15) is 4.32 Å². The topological polar surface area (TPSA) is 4.93 Å². The maximum Gasteiger partial charge on any atom is 0.461 e. The zero-order valence-corrected chi connectivity index (χ0v) is 9.15. The van der Waals surface area contributed by atoms with Gasteiger partial charge < -0.3 is 8.79 Å². The average molecular weight is 203 g/mol. The Morgan fingerprint density at radius 1 is 1.60 bits per heavy atom. The molecule has 1 aromatic rings. The fourth-order valence-electron chi connectivity index (χ4n) is 1.35. The average Bonchev–Trinajstić information content (AvgIpc) is 2.62. The predicted molar refractivity (Wildman–Crippen MR) is 65.5 cm³/mol. The summed E-state index contributed by atoms with van der Waals surface area (Å²) in [7, 11) is -0.998. The van der Waals surface area contributed by atoms with Gasteiger partial charge in [-0.15, -0.1) is 0 Å². The fraction of sp³-hybridized carbons (Fsp3) is 0.167. The number of allylic oxidation sites excluding steroid dienone is 4. The molecule has 1 rings (SSSR count). The lowest BCUT2D eigenvalue weighted by atomic mass is 9.91. The Balaban J connectivity index is 2.92. The van der Waals surface area contributed by atoms with Crippen molar-refractivity contribution in [2.75, 3.05) is 0 Å². The van der Waals surface area contributed by atoms with E-state index in [4.69, 9.17) is 0 Å². The van der Waals surface area contributed by atoms with Crippen molar-refractivity contribution < 1.29 is 4.32 Å². The summed E-state index contributed by atoms with van der Waals surface area (Å²) in [5, 5.41) is 0. The van der Waals surface area contributed by atoms with Crippen LogP contribution in [0.5, 0.6) is 0 Å². The minimum Gasteiger partial charge on any atom is -0.363 e. The molecular formula is C12H15BFN. The van der Waals surface area contributed by atoms with Crippen LogP contribution in [0, 0.1) is 0 Å². The molecular weight excluding hydrogens is 188 g/mol. The van der Waals surface area contributed by atoms with E-state index in [0.29, 0.717) is 0 Å².